The molecule has 0 saturated heterocycles. The molecule has 35 heavy (non-hydrogen) atoms. The lowest BCUT2D eigenvalue weighted by atomic mass is 9.68. The summed E-state index contributed by atoms with van der Waals surface area (Å²) in [5, 5.41) is 17.3. The number of nitro benzene ring substituents is 1. The molecule has 1 aliphatic heterocycles. The third-order valence-electron chi connectivity index (χ3n) is 7.13. The summed E-state index contributed by atoms with van der Waals surface area (Å²) < 4.78 is 1.98. The average Bonchev–Trinajstić information content (AvgIpc) is 3.32. The first-order valence-corrected chi connectivity index (χ1v) is 11.8. The van der Waals surface area contributed by atoms with Gasteiger partial charge in [-0.1, -0.05) is 50.2 Å². The average molecular weight is 464 g/mol. The fourth-order valence-electron chi connectivity index (χ4n) is 5.69. The van der Waals surface area contributed by atoms with Crippen LogP contribution in [0.4, 0.5) is 11.4 Å². The molecule has 2 aliphatic rings. The predicted octanol–water partition coefficient (Wildman–Crippen LogP) is 6.85. The number of carbonyl (C=O) groups excluding carboxylic acids is 1. The van der Waals surface area contributed by atoms with Crippen molar-refractivity contribution in [3.63, 3.8) is 0 Å². The first-order chi connectivity index (χ1) is 16.8. The van der Waals surface area contributed by atoms with Gasteiger partial charge in [0.15, 0.2) is 5.78 Å². The van der Waals surface area contributed by atoms with Crippen LogP contribution in [0.5, 0.6) is 0 Å². The van der Waals surface area contributed by atoms with Gasteiger partial charge in [-0.25, -0.2) is 0 Å². The van der Waals surface area contributed by atoms with E-state index in [1.54, 1.807) is 12.1 Å². The van der Waals surface area contributed by atoms with Gasteiger partial charge < -0.3 is 9.88 Å². The van der Waals surface area contributed by atoms with Crippen LogP contribution in [0.2, 0.25) is 0 Å². The van der Waals surface area contributed by atoms with Crippen molar-refractivity contribution in [1.29, 1.82) is 0 Å². The highest BCUT2D eigenvalue weighted by molar-refractivity contribution is 6.28. The molecule has 4 aromatic rings. The molecule has 3 aromatic carbocycles. The van der Waals surface area contributed by atoms with Crippen molar-refractivity contribution < 1.29 is 9.72 Å². The molecule has 6 nitrogen and oxygen atoms in total. The number of Topliss-reactive ketones (excluding diaryl/α,β-unsaturated/α-hetero) is 1. The summed E-state index contributed by atoms with van der Waals surface area (Å²) in [5.74, 6) is 0.175. The number of anilines is 1. The Morgan fingerprint density at radius 3 is 2.66 bits per heavy atom. The third-order valence-corrected chi connectivity index (χ3v) is 7.13. The Labute approximate surface area is 203 Å². The maximum absolute atomic E-state index is 13.7. The van der Waals surface area contributed by atoms with Crippen molar-refractivity contribution >= 4 is 33.5 Å². The zero-order chi connectivity index (χ0) is 24.3. The van der Waals surface area contributed by atoms with Gasteiger partial charge in [-0.15, -0.1) is 0 Å². The van der Waals surface area contributed by atoms with Crippen molar-refractivity contribution in [2.45, 2.75) is 32.7 Å². The molecule has 1 unspecified atom stereocenters. The minimum Gasteiger partial charge on any atom is -0.373 e. The molecule has 6 rings (SSSR count). The van der Waals surface area contributed by atoms with E-state index in [4.69, 9.17) is 0 Å². The zero-order valence-electron chi connectivity index (χ0n) is 19.6. The second-order valence-electron chi connectivity index (χ2n) is 10.2. The largest absolute Gasteiger partial charge is 0.373 e. The zero-order valence-corrected chi connectivity index (χ0v) is 19.6. The van der Waals surface area contributed by atoms with E-state index in [1.165, 1.54) is 6.07 Å². The number of allylic oxidation sites excluding steroid dienone is 1. The molecule has 6 heteroatoms. The highest BCUT2D eigenvalue weighted by atomic mass is 16.6. The second kappa shape index (κ2) is 7.67. The van der Waals surface area contributed by atoms with Crippen molar-refractivity contribution in [2.24, 2.45) is 5.41 Å². The van der Waals surface area contributed by atoms with E-state index in [-0.39, 0.29) is 27.9 Å². The molecule has 174 valence electrons. The molecule has 0 saturated carbocycles. The molecule has 1 aromatic heterocycles. The normalized spacial score (nSPS) is 18.7. The summed E-state index contributed by atoms with van der Waals surface area (Å²) >= 11 is 0. The molecule has 0 amide bonds. The minimum atomic E-state index is -0.379. The maximum Gasteiger partial charge on any atom is 0.271 e. The molecule has 0 fully saturated rings. The van der Waals surface area contributed by atoms with E-state index < -0.39 is 0 Å². The molecule has 1 aliphatic carbocycles. The fraction of sp³-hybridized carbons (Fsp3) is 0.207. The van der Waals surface area contributed by atoms with E-state index in [9.17, 15) is 14.9 Å². The van der Waals surface area contributed by atoms with Gasteiger partial charge in [0.05, 0.1) is 16.7 Å². The van der Waals surface area contributed by atoms with Gasteiger partial charge in [0.25, 0.3) is 5.69 Å². The number of hydrogen-bond donors (Lipinski definition) is 1. The Morgan fingerprint density at radius 2 is 1.83 bits per heavy atom. The van der Waals surface area contributed by atoms with Crippen LogP contribution < -0.4 is 5.32 Å². The summed E-state index contributed by atoms with van der Waals surface area (Å²) in [5.41, 5.74) is 5.39. The van der Waals surface area contributed by atoms with Gasteiger partial charge in [-0.3, -0.25) is 14.9 Å². The number of hydrogen-bond acceptors (Lipinski definition) is 4. The van der Waals surface area contributed by atoms with Crippen LogP contribution in [0, 0.1) is 15.5 Å². The SMILES string of the molecule is CC1(C)CC(=O)C2=C(C1)C(c1cccn1-c1cccc([N+](=O)[O-])c1)Nc1ccc3ccccc3c12. The number of aromatic nitrogens is 1. The second-order valence-corrected chi connectivity index (χ2v) is 10.2. The molecule has 2 heterocycles. The molecular weight excluding hydrogens is 438 g/mol. The van der Waals surface area contributed by atoms with Gasteiger partial charge in [-0.2, -0.15) is 0 Å². The summed E-state index contributed by atoms with van der Waals surface area (Å²) in [6.45, 7) is 4.29. The summed E-state index contributed by atoms with van der Waals surface area (Å²) in [7, 11) is 0. The number of benzene rings is 3. The van der Waals surface area contributed by atoms with E-state index >= 15 is 0 Å². The molecule has 0 radical (unpaired) electrons. The van der Waals surface area contributed by atoms with E-state index in [0.717, 1.165) is 45.3 Å². The van der Waals surface area contributed by atoms with E-state index in [0.29, 0.717) is 12.1 Å². The highest BCUT2D eigenvalue weighted by Gasteiger charge is 2.41. The lowest BCUT2D eigenvalue weighted by molar-refractivity contribution is -0.384. The smallest absolute Gasteiger partial charge is 0.271 e. The molecule has 1 N–H and O–H groups in total. The monoisotopic (exact) mass is 463 g/mol. The lowest BCUT2D eigenvalue weighted by Gasteiger charge is -2.40. The van der Waals surface area contributed by atoms with Crippen LogP contribution in [0.15, 0.2) is 84.6 Å². The Bertz CT molecular complexity index is 1560. The Kier molecular flexibility index (Phi) is 4.68. The first-order valence-electron chi connectivity index (χ1n) is 11.8. The van der Waals surface area contributed by atoms with Crippen LogP contribution in [0.1, 0.15) is 44.0 Å². The Morgan fingerprint density at radius 1 is 1.00 bits per heavy atom. The molecule has 1 atom stereocenters. The number of ketones is 1. The van der Waals surface area contributed by atoms with Crippen LogP contribution in [0.25, 0.3) is 22.0 Å². The topological polar surface area (TPSA) is 77.2 Å². The molecule has 0 bridgehead atoms. The quantitative estimate of drug-likeness (QED) is 0.266. The van der Waals surface area contributed by atoms with Gasteiger partial charge in [-0.05, 0) is 52.4 Å². The van der Waals surface area contributed by atoms with Gasteiger partial charge in [0.2, 0.25) is 0 Å². The maximum atomic E-state index is 13.7. The number of fused-ring (bicyclic) bond motifs is 4. The van der Waals surface area contributed by atoms with Crippen LogP contribution >= 0.6 is 0 Å². The highest BCUT2D eigenvalue weighted by Crippen LogP contribution is 2.52. The van der Waals surface area contributed by atoms with Gasteiger partial charge >= 0.3 is 0 Å². The number of nitro groups is 1. The molecule has 0 spiro atoms. The standard InChI is InChI=1S/C29H25N3O3/c1-29(2)16-22-27(25(33)17-29)26-21-10-4-3-7-18(21)12-13-23(26)30-28(22)24-11-6-14-31(24)19-8-5-9-20(15-19)32(34)35/h3-15,28,30H,16-17H2,1-2H3. The van der Waals surface area contributed by atoms with Crippen LogP contribution in [-0.2, 0) is 4.79 Å². The predicted molar refractivity (Wildman–Crippen MR) is 138 cm³/mol. The molecular formula is C29H25N3O3. The van der Waals surface area contributed by atoms with E-state index in [2.05, 4.69) is 43.4 Å². The lowest BCUT2D eigenvalue weighted by Crippen LogP contribution is -2.33. The Hall–Kier alpha value is -4.19. The van der Waals surface area contributed by atoms with Crippen molar-refractivity contribution in [3.05, 3.63) is 106 Å². The Balaban J connectivity index is 1.58. The van der Waals surface area contributed by atoms with Gasteiger partial charge in [0, 0.05) is 47.3 Å². The van der Waals surface area contributed by atoms with Gasteiger partial charge in [0.1, 0.15) is 0 Å². The van der Waals surface area contributed by atoms with Crippen molar-refractivity contribution in [2.75, 3.05) is 5.32 Å². The first kappa shape index (κ1) is 21.4. The number of nitrogens with one attached hydrogen (secondary N) is 1. The minimum absolute atomic E-state index is 0.0458. The number of carbonyl (C=O) groups is 1. The number of rotatable bonds is 3. The van der Waals surface area contributed by atoms with Crippen LogP contribution in [0.3, 0.4) is 0 Å². The summed E-state index contributed by atoms with van der Waals surface area (Å²) in [6.07, 6.45) is 3.21. The van der Waals surface area contributed by atoms with Crippen molar-refractivity contribution in [1.82, 2.24) is 4.57 Å². The summed E-state index contributed by atoms with van der Waals surface area (Å²) in [4.78, 5) is 24.7. The van der Waals surface area contributed by atoms with Crippen LogP contribution in [-0.4, -0.2) is 15.3 Å². The fourth-order valence-corrected chi connectivity index (χ4v) is 5.69. The number of nitrogens with zero attached hydrogens (tertiary/aromatic N) is 2. The summed E-state index contributed by atoms with van der Waals surface area (Å²) in [6, 6.07) is 22.7. The third kappa shape index (κ3) is 3.44. The van der Waals surface area contributed by atoms with E-state index in [1.807, 2.05) is 41.1 Å². The van der Waals surface area contributed by atoms with Crippen molar-refractivity contribution in [3.8, 4) is 5.69 Å². The number of non-ortho nitro benzene ring substituents is 1.